The van der Waals surface area contributed by atoms with Gasteiger partial charge in [-0.15, -0.1) is 0 Å². The molecule has 0 unspecified atom stereocenters. The lowest BCUT2D eigenvalue weighted by Gasteiger charge is -1.98. The van der Waals surface area contributed by atoms with Crippen molar-refractivity contribution in [3.8, 4) is 28.8 Å². The maximum Gasteiger partial charge on any atom is 0.294 e. The van der Waals surface area contributed by atoms with E-state index < -0.39 is 0 Å². The number of furan rings is 3. The number of nitrogens with zero attached hydrogens (tertiary/aromatic N) is 2. The molecule has 4 heterocycles. The van der Waals surface area contributed by atoms with Gasteiger partial charge in [-0.2, -0.15) is 4.57 Å². The Morgan fingerprint density at radius 2 is 1.57 bits per heavy atom. The Kier molecular flexibility index (Phi) is 3.19. The van der Waals surface area contributed by atoms with Gasteiger partial charge in [0, 0.05) is 13.0 Å². The average molecular weight is 309 g/mol. The van der Waals surface area contributed by atoms with E-state index in [-0.39, 0.29) is 0 Å². The second-order valence-electron chi connectivity index (χ2n) is 5.23. The van der Waals surface area contributed by atoms with Gasteiger partial charge in [0.25, 0.3) is 11.7 Å². The molecule has 0 aliphatic rings. The van der Waals surface area contributed by atoms with Crippen LogP contribution in [0.25, 0.3) is 28.8 Å². The summed E-state index contributed by atoms with van der Waals surface area (Å²) in [5.41, 5.74) is 1.89. The highest BCUT2D eigenvalue weighted by Gasteiger charge is 2.34. The molecule has 23 heavy (non-hydrogen) atoms. The van der Waals surface area contributed by atoms with E-state index in [1.165, 1.54) is 0 Å². The van der Waals surface area contributed by atoms with E-state index in [1.54, 1.807) is 18.8 Å². The standard InChI is InChI=1S/C18H17N2O3/c1-3-19-13(2)20(16-9-6-12-23-16)18(15-8-5-11-22-15)17(19)14-7-4-10-21-14/h4-12H,3H2,1-2H3/q+1. The number of hydrogen-bond donors (Lipinski definition) is 0. The summed E-state index contributed by atoms with van der Waals surface area (Å²) in [5.74, 6) is 3.35. The van der Waals surface area contributed by atoms with E-state index in [4.69, 9.17) is 13.3 Å². The van der Waals surface area contributed by atoms with Gasteiger partial charge in [-0.05, 0) is 37.3 Å². The Morgan fingerprint density at radius 3 is 2.13 bits per heavy atom. The molecule has 4 aromatic rings. The van der Waals surface area contributed by atoms with Crippen LogP contribution in [0.4, 0.5) is 0 Å². The lowest BCUT2D eigenvalue weighted by atomic mass is 10.2. The molecule has 5 heteroatoms. The van der Waals surface area contributed by atoms with E-state index in [9.17, 15) is 0 Å². The molecule has 0 spiro atoms. The first-order valence-electron chi connectivity index (χ1n) is 7.58. The second kappa shape index (κ2) is 5.35. The van der Waals surface area contributed by atoms with E-state index in [0.29, 0.717) is 0 Å². The highest BCUT2D eigenvalue weighted by molar-refractivity contribution is 5.72. The minimum absolute atomic E-state index is 0.744. The van der Waals surface area contributed by atoms with Crippen LogP contribution in [0.5, 0.6) is 0 Å². The first-order valence-corrected chi connectivity index (χ1v) is 7.58. The quantitative estimate of drug-likeness (QED) is 0.531. The molecule has 0 N–H and O–H groups in total. The summed E-state index contributed by atoms with van der Waals surface area (Å²) in [6, 6.07) is 11.5. The van der Waals surface area contributed by atoms with Crippen LogP contribution in [-0.4, -0.2) is 4.57 Å². The van der Waals surface area contributed by atoms with Gasteiger partial charge in [-0.1, -0.05) is 0 Å². The van der Waals surface area contributed by atoms with Gasteiger partial charge in [0.1, 0.15) is 0 Å². The normalized spacial score (nSPS) is 11.2. The monoisotopic (exact) mass is 309 g/mol. The fourth-order valence-electron chi connectivity index (χ4n) is 3.03. The van der Waals surface area contributed by atoms with E-state index in [1.807, 2.05) is 36.4 Å². The van der Waals surface area contributed by atoms with Crippen LogP contribution in [-0.2, 0) is 6.54 Å². The molecular weight excluding hydrogens is 292 g/mol. The third-order valence-corrected chi connectivity index (χ3v) is 3.98. The van der Waals surface area contributed by atoms with E-state index >= 15 is 0 Å². The Morgan fingerprint density at radius 1 is 0.913 bits per heavy atom. The Hall–Kier alpha value is -2.95. The van der Waals surface area contributed by atoms with Crippen molar-refractivity contribution >= 4 is 0 Å². The minimum atomic E-state index is 0.744. The molecule has 0 bridgehead atoms. The smallest absolute Gasteiger partial charge is 0.294 e. The van der Waals surface area contributed by atoms with Crippen molar-refractivity contribution in [2.24, 2.45) is 0 Å². The zero-order chi connectivity index (χ0) is 15.8. The lowest BCUT2D eigenvalue weighted by molar-refractivity contribution is -0.688. The van der Waals surface area contributed by atoms with E-state index in [2.05, 4.69) is 23.0 Å². The fourth-order valence-corrected chi connectivity index (χ4v) is 3.03. The predicted molar refractivity (Wildman–Crippen MR) is 84.0 cm³/mol. The molecule has 0 aliphatic carbocycles. The summed E-state index contributed by atoms with van der Waals surface area (Å²) >= 11 is 0. The van der Waals surface area contributed by atoms with Crippen molar-refractivity contribution in [1.82, 2.24) is 4.57 Å². The summed E-state index contributed by atoms with van der Waals surface area (Å²) in [4.78, 5) is 0. The molecule has 0 saturated heterocycles. The summed E-state index contributed by atoms with van der Waals surface area (Å²) in [6.07, 6.45) is 5.02. The second-order valence-corrected chi connectivity index (χ2v) is 5.23. The van der Waals surface area contributed by atoms with Crippen molar-refractivity contribution in [3.63, 3.8) is 0 Å². The molecule has 5 nitrogen and oxygen atoms in total. The Balaban J connectivity index is 2.11. The molecular formula is C18H17N2O3+. The van der Waals surface area contributed by atoms with Crippen molar-refractivity contribution in [2.75, 3.05) is 0 Å². The summed E-state index contributed by atoms with van der Waals surface area (Å²) in [7, 11) is 0. The first kappa shape index (κ1) is 13.7. The molecule has 0 amide bonds. The van der Waals surface area contributed by atoms with Crippen LogP contribution in [0, 0.1) is 6.92 Å². The largest absolute Gasteiger partial charge is 0.460 e. The number of hydrogen-bond acceptors (Lipinski definition) is 3. The molecule has 0 radical (unpaired) electrons. The average Bonchev–Trinajstić information content (AvgIpc) is 3.33. The van der Waals surface area contributed by atoms with Gasteiger partial charge < -0.3 is 13.3 Å². The number of aromatic nitrogens is 2. The zero-order valence-electron chi connectivity index (χ0n) is 13.0. The maximum atomic E-state index is 5.69. The summed E-state index contributed by atoms with van der Waals surface area (Å²) in [5, 5.41) is 0. The van der Waals surface area contributed by atoms with Crippen LogP contribution in [0.1, 0.15) is 12.7 Å². The van der Waals surface area contributed by atoms with Crippen LogP contribution in [0.15, 0.2) is 68.4 Å². The third-order valence-electron chi connectivity index (χ3n) is 3.98. The molecule has 0 fully saturated rings. The summed E-state index contributed by atoms with van der Waals surface area (Å²) < 4.78 is 21.3. The molecule has 0 aliphatic heterocycles. The Bertz CT molecular complexity index is 898. The highest BCUT2D eigenvalue weighted by Crippen LogP contribution is 2.34. The Labute approximate surface area is 133 Å². The predicted octanol–water partition coefficient (Wildman–Crippen LogP) is 4.21. The van der Waals surface area contributed by atoms with Gasteiger partial charge in [0.2, 0.25) is 11.4 Å². The van der Waals surface area contributed by atoms with Gasteiger partial charge in [-0.3, -0.25) is 0 Å². The SMILES string of the molecule is CC[n+]1c(-c2ccco2)c(-c2ccco2)n(-c2ccco2)c1C. The lowest BCUT2D eigenvalue weighted by Crippen LogP contribution is -2.36. The topological polar surface area (TPSA) is 48.2 Å². The first-order chi connectivity index (χ1) is 11.3. The minimum Gasteiger partial charge on any atom is -0.460 e. The van der Waals surface area contributed by atoms with Gasteiger partial charge >= 0.3 is 0 Å². The number of imidazole rings is 1. The van der Waals surface area contributed by atoms with Gasteiger partial charge in [-0.25, -0.2) is 4.57 Å². The zero-order valence-corrected chi connectivity index (χ0v) is 13.0. The summed E-state index contributed by atoms with van der Waals surface area (Å²) in [6.45, 7) is 4.98. The number of rotatable bonds is 4. The maximum absolute atomic E-state index is 5.69. The fraction of sp³-hybridized carbons (Fsp3) is 0.167. The van der Waals surface area contributed by atoms with Crippen LogP contribution in [0.2, 0.25) is 0 Å². The van der Waals surface area contributed by atoms with Crippen LogP contribution < -0.4 is 4.57 Å². The van der Waals surface area contributed by atoms with Crippen molar-refractivity contribution in [2.45, 2.75) is 20.4 Å². The molecule has 4 aromatic heterocycles. The molecule has 116 valence electrons. The molecule has 0 aromatic carbocycles. The highest BCUT2D eigenvalue weighted by atomic mass is 16.3. The van der Waals surface area contributed by atoms with Crippen LogP contribution >= 0.6 is 0 Å². The van der Waals surface area contributed by atoms with E-state index in [0.717, 1.165) is 41.2 Å². The molecule has 0 saturated carbocycles. The van der Waals surface area contributed by atoms with Crippen molar-refractivity contribution < 1.29 is 17.8 Å². The van der Waals surface area contributed by atoms with Gasteiger partial charge in [0.05, 0.1) is 25.3 Å². The third kappa shape index (κ3) is 2.04. The van der Waals surface area contributed by atoms with Crippen molar-refractivity contribution in [1.29, 1.82) is 0 Å². The van der Waals surface area contributed by atoms with Gasteiger partial charge in [0.15, 0.2) is 11.5 Å². The van der Waals surface area contributed by atoms with Crippen LogP contribution in [0.3, 0.4) is 0 Å². The van der Waals surface area contributed by atoms with Crippen molar-refractivity contribution in [3.05, 3.63) is 61.0 Å². The molecule has 4 rings (SSSR count). The molecule has 0 atom stereocenters.